The number of hydrogen-bond acceptors (Lipinski definition) is 2. The first-order valence-electron chi connectivity index (χ1n) is 7.18. The van der Waals surface area contributed by atoms with Gasteiger partial charge in [0.05, 0.1) is 6.61 Å². The Bertz CT molecular complexity index is 557. The summed E-state index contributed by atoms with van der Waals surface area (Å²) in [6, 6.07) is 15.9. The molecule has 0 aliphatic rings. The minimum absolute atomic E-state index is 0.00995. The molecule has 2 aromatic rings. The summed E-state index contributed by atoms with van der Waals surface area (Å²) >= 11 is 5.89. The maximum Gasteiger partial charge on any atom is 0.129 e. The molecule has 0 fully saturated rings. The average molecular weight is 305 g/mol. The molecule has 21 heavy (non-hydrogen) atoms. The summed E-state index contributed by atoms with van der Waals surface area (Å²) in [6.45, 7) is 3.93. The topological polar surface area (TPSA) is 29.5 Å². The van der Waals surface area contributed by atoms with Crippen LogP contribution in [0, 0.1) is 0 Å². The van der Waals surface area contributed by atoms with Crippen LogP contribution in [0.25, 0.3) is 0 Å². The van der Waals surface area contributed by atoms with E-state index in [1.165, 1.54) is 11.1 Å². The molecule has 0 saturated carbocycles. The van der Waals surface area contributed by atoms with Crippen LogP contribution < -0.4 is 4.74 Å². The van der Waals surface area contributed by atoms with Gasteiger partial charge < -0.3 is 9.84 Å². The smallest absolute Gasteiger partial charge is 0.129 e. The van der Waals surface area contributed by atoms with Crippen LogP contribution in [0.2, 0.25) is 5.02 Å². The number of hydrogen-bond donors (Lipinski definition) is 1. The summed E-state index contributed by atoms with van der Waals surface area (Å²) in [5.74, 6) is 0.785. The number of aliphatic hydroxyl groups is 1. The third kappa shape index (κ3) is 4.48. The summed E-state index contributed by atoms with van der Waals surface area (Å²) in [6.07, 6.45) is 1.62. The molecule has 2 nitrogen and oxygen atoms in total. The van der Waals surface area contributed by atoms with Crippen LogP contribution in [0.4, 0.5) is 0 Å². The van der Waals surface area contributed by atoms with Gasteiger partial charge in [-0.3, -0.25) is 0 Å². The number of aliphatic hydroxyl groups excluding tert-OH is 1. The van der Waals surface area contributed by atoms with E-state index in [9.17, 15) is 5.11 Å². The minimum Gasteiger partial charge on any atom is -0.485 e. The molecule has 0 heterocycles. The van der Waals surface area contributed by atoms with Crippen LogP contribution in [0.15, 0.2) is 48.5 Å². The molecule has 0 aliphatic heterocycles. The lowest BCUT2D eigenvalue weighted by atomic mass is 10.0. The highest BCUT2D eigenvalue weighted by Gasteiger charge is 2.22. The maximum absolute atomic E-state index is 9.38. The summed E-state index contributed by atoms with van der Waals surface area (Å²) in [5, 5.41) is 10.1. The SMILES string of the molecule is CCC(C)(CO)Oc1ccc(Cc2ccc(Cl)cc2)cc1. The molecular weight excluding hydrogens is 284 g/mol. The third-order valence-electron chi connectivity index (χ3n) is 3.69. The number of halogens is 1. The van der Waals surface area contributed by atoms with Crippen molar-refractivity contribution in [1.29, 1.82) is 0 Å². The molecule has 0 bridgehead atoms. The Morgan fingerprint density at radius 1 is 1.00 bits per heavy atom. The highest BCUT2D eigenvalue weighted by molar-refractivity contribution is 6.30. The Kier molecular flexibility index (Phi) is 5.27. The third-order valence-corrected chi connectivity index (χ3v) is 3.94. The van der Waals surface area contributed by atoms with Gasteiger partial charge >= 0.3 is 0 Å². The van der Waals surface area contributed by atoms with Crippen molar-refractivity contribution in [3.8, 4) is 5.75 Å². The fourth-order valence-electron chi connectivity index (χ4n) is 2.01. The first-order valence-corrected chi connectivity index (χ1v) is 7.56. The molecule has 2 rings (SSSR count). The number of ether oxygens (including phenoxy) is 1. The number of rotatable bonds is 6. The molecule has 3 heteroatoms. The first kappa shape index (κ1) is 15.9. The predicted octanol–water partition coefficient (Wildman–Crippen LogP) is 4.47. The van der Waals surface area contributed by atoms with Crippen LogP contribution in [0.5, 0.6) is 5.75 Å². The van der Waals surface area contributed by atoms with Gasteiger partial charge in [0.1, 0.15) is 11.4 Å². The van der Waals surface area contributed by atoms with E-state index in [-0.39, 0.29) is 6.61 Å². The molecule has 0 saturated heterocycles. The summed E-state index contributed by atoms with van der Waals surface area (Å²) in [4.78, 5) is 0. The van der Waals surface area contributed by atoms with Crippen LogP contribution in [-0.2, 0) is 6.42 Å². The number of benzene rings is 2. The zero-order valence-electron chi connectivity index (χ0n) is 12.5. The van der Waals surface area contributed by atoms with E-state index in [0.717, 1.165) is 23.6 Å². The molecule has 112 valence electrons. The van der Waals surface area contributed by atoms with E-state index in [4.69, 9.17) is 16.3 Å². The van der Waals surface area contributed by atoms with E-state index in [1.807, 2.05) is 50.2 Å². The molecule has 0 amide bonds. The second-order valence-electron chi connectivity index (χ2n) is 5.51. The molecule has 1 unspecified atom stereocenters. The predicted molar refractivity (Wildman–Crippen MR) is 87.1 cm³/mol. The van der Waals surface area contributed by atoms with E-state index in [1.54, 1.807) is 0 Å². The fourth-order valence-corrected chi connectivity index (χ4v) is 2.14. The Morgan fingerprint density at radius 2 is 1.52 bits per heavy atom. The van der Waals surface area contributed by atoms with Gasteiger partial charge in [-0.05, 0) is 55.2 Å². The van der Waals surface area contributed by atoms with E-state index < -0.39 is 5.60 Å². The van der Waals surface area contributed by atoms with Gasteiger partial charge in [-0.2, -0.15) is 0 Å². The molecular formula is C18H21ClO2. The molecule has 1 N–H and O–H groups in total. The fraction of sp³-hybridized carbons (Fsp3) is 0.333. The lowest BCUT2D eigenvalue weighted by Crippen LogP contribution is -2.35. The van der Waals surface area contributed by atoms with Gasteiger partial charge in [-0.1, -0.05) is 42.8 Å². The molecule has 2 aromatic carbocycles. The zero-order valence-corrected chi connectivity index (χ0v) is 13.2. The summed E-state index contributed by atoms with van der Waals surface area (Å²) < 4.78 is 5.85. The zero-order chi connectivity index (χ0) is 15.3. The molecule has 0 aromatic heterocycles. The molecule has 0 radical (unpaired) electrons. The van der Waals surface area contributed by atoms with Crippen LogP contribution in [0.1, 0.15) is 31.4 Å². The van der Waals surface area contributed by atoms with Crippen molar-refractivity contribution in [3.63, 3.8) is 0 Å². The normalized spacial score (nSPS) is 13.7. The monoisotopic (exact) mass is 304 g/mol. The largest absolute Gasteiger partial charge is 0.485 e. The van der Waals surface area contributed by atoms with Crippen molar-refractivity contribution in [3.05, 3.63) is 64.7 Å². The molecule has 1 atom stereocenters. The highest BCUT2D eigenvalue weighted by Crippen LogP contribution is 2.22. The lowest BCUT2D eigenvalue weighted by Gasteiger charge is -2.27. The Balaban J connectivity index is 2.03. The summed E-state index contributed by atoms with van der Waals surface area (Å²) in [5.41, 5.74) is 1.92. The van der Waals surface area contributed by atoms with E-state index >= 15 is 0 Å². The van der Waals surface area contributed by atoms with Gasteiger partial charge in [0.15, 0.2) is 0 Å². The van der Waals surface area contributed by atoms with E-state index in [0.29, 0.717) is 0 Å². The quantitative estimate of drug-likeness (QED) is 0.853. The second kappa shape index (κ2) is 6.97. The minimum atomic E-state index is -0.516. The van der Waals surface area contributed by atoms with Crippen LogP contribution >= 0.6 is 11.6 Å². The van der Waals surface area contributed by atoms with Gasteiger partial charge in [-0.15, -0.1) is 0 Å². The highest BCUT2D eigenvalue weighted by atomic mass is 35.5. The van der Waals surface area contributed by atoms with Crippen LogP contribution in [0.3, 0.4) is 0 Å². The van der Waals surface area contributed by atoms with Crippen molar-refractivity contribution in [2.75, 3.05) is 6.61 Å². The van der Waals surface area contributed by atoms with Gasteiger partial charge in [0.25, 0.3) is 0 Å². The second-order valence-corrected chi connectivity index (χ2v) is 5.95. The van der Waals surface area contributed by atoms with Crippen molar-refractivity contribution in [2.45, 2.75) is 32.3 Å². The van der Waals surface area contributed by atoms with Gasteiger partial charge in [0.2, 0.25) is 0 Å². The van der Waals surface area contributed by atoms with Crippen molar-refractivity contribution >= 4 is 11.6 Å². The maximum atomic E-state index is 9.38. The van der Waals surface area contributed by atoms with Gasteiger partial charge in [0, 0.05) is 5.02 Å². The molecule has 0 aliphatic carbocycles. The van der Waals surface area contributed by atoms with E-state index in [2.05, 4.69) is 12.1 Å². The van der Waals surface area contributed by atoms with Crippen LogP contribution in [-0.4, -0.2) is 17.3 Å². The average Bonchev–Trinajstić information content (AvgIpc) is 2.51. The van der Waals surface area contributed by atoms with Crippen molar-refractivity contribution in [2.24, 2.45) is 0 Å². The lowest BCUT2D eigenvalue weighted by molar-refractivity contribution is 0.0219. The Morgan fingerprint density at radius 3 is 2.00 bits per heavy atom. The Labute approximate surface area is 131 Å². The Hall–Kier alpha value is -1.51. The molecule has 0 spiro atoms. The van der Waals surface area contributed by atoms with Gasteiger partial charge in [-0.25, -0.2) is 0 Å². The van der Waals surface area contributed by atoms with Crippen molar-refractivity contribution in [1.82, 2.24) is 0 Å². The standard InChI is InChI=1S/C18H21ClO2/c1-3-18(2,13-20)21-17-10-6-15(7-11-17)12-14-4-8-16(19)9-5-14/h4-11,20H,3,12-13H2,1-2H3. The van der Waals surface area contributed by atoms with Crippen molar-refractivity contribution < 1.29 is 9.84 Å². The summed E-state index contributed by atoms with van der Waals surface area (Å²) in [7, 11) is 0. The first-order chi connectivity index (χ1) is 10.0.